The molecule has 4 heteroatoms. The van der Waals surface area contributed by atoms with Gasteiger partial charge < -0.3 is 11.1 Å². The maximum Gasteiger partial charge on any atom is 0.251 e. The second-order valence-corrected chi connectivity index (χ2v) is 6.15. The summed E-state index contributed by atoms with van der Waals surface area (Å²) >= 11 is 1.87. The van der Waals surface area contributed by atoms with Crippen LogP contribution in [-0.4, -0.2) is 23.7 Å². The van der Waals surface area contributed by atoms with Crippen molar-refractivity contribution in [1.82, 2.24) is 5.32 Å². The van der Waals surface area contributed by atoms with E-state index in [1.807, 2.05) is 49.9 Å². The summed E-state index contributed by atoms with van der Waals surface area (Å²) < 4.78 is 0. The normalized spacial score (nSPS) is 11.3. The van der Waals surface area contributed by atoms with Crippen LogP contribution in [0.2, 0.25) is 0 Å². The summed E-state index contributed by atoms with van der Waals surface area (Å²) in [6.45, 7) is 6.39. The quantitative estimate of drug-likeness (QED) is 0.831. The number of carbonyl (C=O) groups is 1. The summed E-state index contributed by atoms with van der Waals surface area (Å²) in [5.74, 6) is 2.03. The van der Waals surface area contributed by atoms with Crippen LogP contribution in [0.5, 0.6) is 0 Å². The van der Waals surface area contributed by atoms with Crippen LogP contribution in [0, 0.1) is 0 Å². The number of nitrogens with one attached hydrogen (secondary N) is 1. The smallest absolute Gasteiger partial charge is 0.251 e. The summed E-state index contributed by atoms with van der Waals surface area (Å²) in [6.07, 6.45) is 0. The van der Waals surface area contributed by atoms with E-state index in [-0.39, 0.29) is 11.4 Å². The van der Waals surface area contributed by atoms with Crippen LogP contribution >= 0.6 is 11.8 Å². The third-order valence-electron chi connectivity index (χ3n) is 2.65. The standard InChI is InChI=1S/C14H22N2OS/c1-4-18-9-11-5-7-12(8-6-11)13(17)16-14(2,3)10-15/h5-8H,4,9-10,15H2,1-3H3,(H,16,17). The number of benzene rings is 1. The number of hydrogen-bond acceptors (Lipinski definition) is 3. The molecule has 1 amide bonds. The molecule has 0 heterocycles. The summed E-state index contributed by atoms with van der Waals surface area (Å²) in [6, 6.07) is 7.75. The first-order chi connectivity index (χ1) is 8.48. The first-order valence-electron chi connectivity index (χ1n) is 6.18. The van der Waals surface area contributed by atoms with Crippen molar-refractivity contribution in [2.75, 3.05) is 12.3 Å². The van der Waals surface area contributed by atoms with Crippen LogP contribution in [0.3, 0.4) is 0 Å². The fourth-order valence-electron chi connectivity index (χ4n) is 1.40. The molecule has 0 aliphatic rings. The monoisotopic (exact) mass is 266 g/mol. The number of rotatable bonds is 6. The van der Waals surface area contributed by atoms with E-state index in [2.05, 4.69) is 12.2 Å². The molecule has 0 bridgehead atoms. The zero-order valence-corrected chi connectivity index (χ0v) is 12.1. The molecule has 1 aromatic carbocycles. The Kier molecular flexibility index (Phi) is 5.69. The van der Waals surface area contributed by atoms with Gasteiger partial charge >= 0.3 is 0 Å². The van der Waals surface area contributed by atoms with Crippen molar-refractivity contribution in [2.24, 2.45) is 5.73 Å². The van der Waals surface area contributed by atoms with Gasteiger partial charge in [0.25, 0.3) is 5.91 Å². The molecule has 0 radical (unpaired) electrons. The highest BCUT2D eigenvalue weighted by molar-refractivity contribution is 7.98. The third kappa shape index (κ3) is 4.70. The van der Waals surface area contributed by atoms with Crippen LogP contribution in [-0.2, 0) is 5.75 Å². The Labute approximate surface area is 114 Å². The van der Waals surface area contributed by atoms with Crippen molar-refractivity contribution in [3.63, 3.8) is 0 Å². The Hall–Kier alpha value is -1.00. The number of hydrogen-bond donors (Lipinski definition) is 2. The maximum atomic E-state index is 12.0. The lowest BCUT2D eigenvalue weighted by molar-refractivity contribution is 0.0915. The zero-order chi connectivity index (χ0) is 13.6. The van der Waals surface area contributed by atoms with Crippen LogP contribution in [0.25, 0.3) is 0 Å². The number of thioether (sulfide) groups is 1. The van der Waals surface area contributed by atoms with Crippen molar-refractivity contribution in [2.45, 2.75) is 32.1 Å². The van der Waals surface area contributed by atoms with Crippen LogP contribution < -0.4 is 11.1 Å². The molecular weight excluding hydrogens is 244 g/mol. The van der Waals surface area contributed by atoms with Crippen molar-refractivity contribution in [3.05, 3.63) is 35.4 Å². The minimum atomic E-state index is -0.367. The van der Waals surface area contributed by atoms with E-state index in [0.29, 0.717) is 12.1 Å². The molecule has 0 atom stereocenters. The van der Waals surface area contributed by atoms with Gasteiger partial charge in [0.1, 0.15) is 0 Å². The van der Waals surface area contributed by atoms with Gasteiger partial charge in [-0.1, -0.05) is 19.1 Å². The lowest BCUT2D eigenvalue weighted by Gasteiger charge is -2.24. The van der Waals surface area contributed by atoms with Crippen molar-refractivity contribution in [3.8, 4) is 0 Å². The molecule has 0 aliphatic heterocycles. The Morgan fingerprint density at radius 1 is 1.33 bits per heavy atom. The first-order valence-corrected chi connectivity index (χ1v) is 7.33. The molecule has 0 aliphatic carbocycles. The topological polar surface area (TPSA) is 55.1 Å². The molecule has 100 valence electrons. The van der Waals surface area contributed by atoms with E-state index in [1.54, 1.807) is 0 Å². The molecule has 1 rings (SSSR count). The van der Waals surface area contributed by atoms with E-state index in [9.17, 15) is 4.79 Å². The highest BCUT2D eigenvalue weighted by Crippen LogP contribution is 2.13. The van der Waals surface area contributed by atoms with Crippen LogP contribution in [0.4, 0.5) is 0 Å². The van der Waals surface area contributed by atoms with Crippen molar-refractivity contribution < 1.29 is 4.79 Å². The fourth-order valence-corrected chi connectivity index (χ4v) is 2.04. The molecule has 0 unspecified atom stereocenters. The van der Waals surface area contributed by atoms with E-state index in [4.69, 9.17) is 5.73 Å². The van der Waals surface area contributed by atoms with Gasteiger partial charge in [-0.25, -0.2) is 0 Å². The van der Waals surface area contributed by atoms with Gasteiger partial charge in [0.05, 0.1) is 0 Å². The summed E-state index contributed by atoms with van der Waals surface area (Å²) in [5.41, 5.74) is 7.16. The highest BCUT2D eigenvalue weighted by Gasteiger charge is 2.18. The summed E-state index contributed by atoms with van der Waals surface area (Å²) in [7, 11) is 0. The number of amides is 1. The van der Waals surface area contributed by atoms with Crippen LogP contribution in [0.15, 0.2) is 24.3 Å². The third-order valence-corrected chi connectivity index (χ3v) is 3.60. The second kappa shape index (κ2) is 6.81. The SMILES string of the molecule is CCSCc1ccc(C(=O)NC(C)(C)CN)cc1. The molecule has 0 saturated carbocycles. The molecule has 0 aromatic heterocycles. The highest BCUT2D eigenvalue weighted by atomic mass is 32.2. The predicted molar refractivity (Wildman–Crippen MR) is 78.9 cm³/mol. The zero-order valence-electron chi connectivity index (χ0n) is 11.3. The Bertz CT molecular complexity index is 387. The van der Waals surface area contributed by atoms with Gasteiger partial charge in [0, 0.05) is 23.4 Å². The molecule has 3 nitrogen and oxygen atoms in total. The minimum Gasteiger partial charge on any atom is -0.346 e. The molecular formula is C14H22N2OS. The second-order valence-electron chi connectivity index (χ2n) is 4.88. The van der Waals surface area contributed by atoms with Crippen LogP contribution in [0.1, 0.15) is 36.7 Å². The van der Waals surface area contributed by atoms with Gasteiger partial charge in [-0.3, -0.25) is 4.79 Å². The molecule has 1 aromatic rings. The molecule has 0 saturated heterocycles. The fraction of sp³-hybridized carbons (Fsp3) is 0.500. The van der Waals surface area contributed by atoms with Crippen molar-refractivity contribution >= 4 is 17.7 Å². The Balaban J connectivity index is 2.64. The number of carbonyl (C=O) groups excluding carboxylic acids is 1. The Morgan fingerprint density at radius 3 is 2.44 bits per heavy atom. The lowest BCUT2D eigenvalue weighted by Crippen LogP contribution is -2.48. The first kappa shape index (κ1) is 15.1. The largest absolute Gasteiger partial charge is 0.346 e. The van der Waals surface area contributed by atoms with E-state index < -0.39 is 0 Å². The number of nitrogens with two attached hydrogens (primary N) is 1. The van der Waals surface area contributed by atoms with Gasteiger partial charge in [-0.2, -0.15) is 11.8 Å². The van der Waals surface area contributed by atoms with E-state index >= 15 is 0 Å². The minimum absolute atomic E-state index is 0.0693. The summed E-state index contributed by atoms with van der Waals surface area (Å²) in [5, 5.41) is 2.92. The summed E-state index contributed by atoms with van der Waals surface area (Å²) in [4.78, 5) is 12.0. The van der Waals surface area contributed by atoms with Gasteiger partial charge in [-0.15, -0.1) is 0 Å². The molecule has 3 N–H and O–H groups in total. The van der Waals surface area contributed by atoms with Gasteiger partial charge in [0.15, 0.2) is 0 Å². The molecule has 0 spiro atoms. The average Bonchev–Trinajstić information content (AvgIpc) is 2.36. The molecule has 18 heavy (non-hydrogen) atoms. The van der Waals surface area contributed by atoms with E-state index in [1.165, 1.54) is 5.56 Å². The van der Waals surface area contributed by atoms with Gasteiger partial charge in [-0.05, 0) is 37.3 Å². The van der Waals surface area contributed by atoms with E-state index in [0.717, 1.165) is 11.5 Å². The Morgan fingerprint density at radius 2 is 1.94 bits per heavy atom. The van der Waals surface area contributed by atoms with Crippen molar-refractivity contribution in [1.29, 1.82) is 0 Å². The van der Waals surface area contributed by atoms with Gasteiger partial charge in [0.2, 0.25) is 0 Å². The molecule has 0 fully saturated rings. The predicted octanol–water partition coefficient (Wildman–Crippen LogP) is 2.41. The maximum absolute atomic E-state index is 12.0. The average molecular weight is 266 g/mol. The lowest BCUT2D eigenvalue weighted by atomic mass is 10.0.